The highest BCUT2D eigenvalue weighted by molar-refractivity contribution is 6.42. The van der Waals surface area contributed by atoms with Gasteiger partial charge < -0.3 is 15.4 Å². The molecule has 0 radical (unpaired) electrons. The average molecular weight is 275 g/mol. The number of aldehydes is 1. The maximum Gasteiger partial charge on any atom is 0.133 e. The maximum absolute atomic E-state index is 10.2. The van der Waals surface area contributed by atoms with Crippen molar-refractivity contribution in [3.05, 3.63) is 28.2 Å². The van der Waals surface area contributed by atoms with E-state index in [2.05, 4.69) is 10.6 Å². The van der Waals surface area contributed by atoms with Crippen LogP contribution >= 0.6 is 23.2 Å². The van der Waals surface area contributed by atoms with Crippen molar-refractivity contribution in [1.29, 1.82) is 0 Å². The van der Waals surface area contributed by atoms with Crippen molar-refractivity contribution in [3.63, 3.8) is 0 Å². The Bertz CT molecular complexity index is 372. The van der Waals surface area contributed by atoms with Crippen molar-refractivity contribution < 1.29 is 4.79 Å². The molecule has 0 saturated heterocycles. The largest absolute Gasteiger partial charge is 0.385 e. The van der Waals surface area contributed by atoms with Crippen LogP contribution in [-0.4, -0.2) is 25.4 Å². The van der Waals surface area contributed by atoms with Gasteiger partial charge in [0.1, 0.15) is 6.29 Å². The summed E-state index contributed by atoms with van der Waals surface area (Å²) >= 11 is 11.7. The lowest BCUT2D eigenvalue weighted by Crippen LogP contribution is -2.29. The summed E-state index contributed by atoms with van der Waals surface area (Å²) in [6, 6.07) is 5.75. The van der Waals surface area contributed by atoms with E-state index < -0.39 is 0 Å². The van der Waals surface area contributed by atoms with E-state index in [1.54, 1.807) is 12.1 Å². The summed E-state index contributed by atoms with van der Waals surface area (Å²) in [5.41, 5.74) is 0.946. The molecule has 3 nitrogen and oxygen atoms in total. The Kier molecular flexibility index (Phi) is 6.34. The third kappa shape index (κ3) is 5.39. The van der Waals surface area contributed by atoms with Gasteiger partial charge in [0.15, 0.2) is 0 Å². The van der Waals surface area contributed by atoms with Gasteiger partial charge in [-0.05, 0) is 31.5 Å². The van der Waals surface area contributed by atoms with Crippen LogP contribution in [0.4, 0.5) is 5.69 Å². The van der Waals surface area contributed by atoms with Crippen LogP contribution in [0.3, 0.4) is 0 Å². The predicted molar refractivity (Wildman–Crippen MR) is 73.1 cm³/mol. The summed E-state index contributed by atoms with van der Waals surface area (Å²) < 4.78 is 0. The first kappa shape index (κ1) is 14.3. The molecule has 0 saturated carbocycles. The maximum atomic E-state index is 10.2. The summed E-state index contributed by atoms with van der Waals surface area (Å²) in [6.45, 7) is 3.25. The average Bonchev–Trinajstić information content (AvgIpc) is 2.31. The van der Waals surface area contributed by atoms with E-state index in [-0.39, 0.29) is 0 Å². The van der Waals surface area contributed by atoms with Crippen molar-refractivity contribution in [1.82, 2.24) is 5.32 Å². The Hall–Kier alpha value is -0.770. The van der Waals surface area contributed by atoms with Gasteiger partial charge in [-0.2, -0.15) is 0 Å². The van der Waals surface area contributed by atoms with Crippen LogP contribution < -0.4 is 10.6 Å². The number of anilines is 1. The zero-order valence-corrected chi connectivity index (χ0v) is 11.2. The van der Waals surface area contributed by atoms with Crippen LogP contribution in [0, 0.1) is 0 Å². The molecule has 1 atom stereocenters. The molecule has 1 aromatic carbocycles. The lowest BCUT2D eigenvalue weighted by atomic mass is 10.2. The summed E-state index contributed by atoms with van der Waals surface area (Å²) in [7, 11) is 0. The van der Waals surface area contributed by atoms with Crippen LogP contribution in [0.2, 0.25) is 10.0 Å². The highest BCUT2D eigenvalue weighted by Gasteiger charge is 2.01. The van der Waals surface area contributed by atoms with Gasteiger partial charge in [0.2, 0.25) is 0 Å². The van der Waals surface area contributed by atoms with Crippen molar-refractivity contribution in [2.24, 2.45) is 0 Å². The lowest BCUT2D eigenvalue weighted by molar-refractivity contribution is -0.107. The standard InChI is InChI=1S/C12H16Cl2N2O/c1-9(15-6-7-17)4-5-16-10-2-3-11(13)12(14)8-10/h2-3,7-9,15-16H,4-6H2,1H3. The SMILES string of the molecule is CC(CCNc1ccc(Cl)c(Cl)c1)NCC=O. The minimum atomic E-state index is 0.301. The number of nitrogens with one attached hydrogen (secondary N) is 2. The second-order valence-corrected chi connectivity index (χ2v) is 4.63. The minimum absolute atomic E-state index is 0.301. The summed E-state index contributed by atoms with van der Waals surface area (Å²) in [5.74, 6) is 0. The monoisotopic (exact) mass is 274 g/mol. The van der Waals surface area contributed by atoms with Gasteiger partial charge in [-0.3, -0.25) is 0 Å². The van der Waals surface area contributed by atoms with Gasteiger partial charge in [-0.1, -0.05) is 23.2 Å². The molecule has 0 aliphatic carbocycles. The van der Waals surface area contributed by atoms with E-state index in [1.165, 1.54) is 0 Å². The molecule has 1 unspecified atom stereocenters. The van der Waals surface area contributed by atoms with E-state index >= 15 is 0 Å². The molecule has 0 amide bonds. The molecule has 1 aromatic rings. The Morgan fingerprint density at radius 3 is 2.76 bits per heavy atom. The number of carbonyl (C=O) groups excluding carboxylic acids is 1. The molecular weight excluding hydrogens is 259 g/mol. The van der Waals surface area contributed by atoms with Crippen molar-refractivity contribution >= 4 is 35.2 Å². The number of halogens is 2. The lowest BCUT2D eigenvalue weighted by Gasteiger charge is -2.13. The first-order chi connectivity index (χ1) is 8.13. The van der Waals surface area contributed by atoms with Crippen molar-refractivity contribution in [2.75, 3.05) is 18.4 Å². The first-order valence-electron chi connectivity index (χ1n) is 5.49. The number of hydrogen-bond acceptors (Lipinski definition) is 3. The van der Waals surface area contributed by atoms with E-state index in [0.29, 0.717) is 22.6 Å². The Labute approximate surface area is 111 Å². The van der Waals surface area contributed by atoms with Crippen LogP contribution in [0.15, 0.2) is 18.2 Å². The predicted octanol–water partition coefficient (Wildman–Crippen LogP) is 2.97. The molecule has 0 aliphatic heterocycles. The van der Waals surface area contributed by atoms with Gasteiger partial charge in [-0.25, -0.2) is 0 Å². The Morgan fingerprint density at radius 1 is 1.35 bits per heavy atom. The normalized spacial score (nSPS) is 12.2. The third-order valence-electron chi connectivity index (χ3n) is 2.38. The molecule has 0 spiro atoms. The highest BCUT2D eigenvalue weighted by atomic mass is 35.5. The summed E-state index contributed by atoms with van der Waals surface area (Å²) in [5, 5.41) is 7.43. The molecule has 5 heteroatoms. The fraction of sp³-hybridized carbons (Fsp3) is 0.417. The molecule has 2 N–H and O–H groups in total. The van der Waals surface area contributed by atoms with Crippen molar-refractivity contribution in [3.8, 4) is 0 Å². The minimum Gasteiger partial charge on any atom is -0.385 e. The summed E-state index contributed by atoms with van der Waals surface area (Å²) in [6.07, 6.45) is 1.79. The van der Waals surface area contributed by atoms with Crippen LogP contribution in [-0.2, 0) is 4.79 Å². The number of benzene rings is 1. The second-order valence-electron chi connectivity index (χ2n) is 3.82. The fourth-order valence-corrected chi connectivity index (χ4v) is 1.69. The first-order valence-corrected chi connectivity index (χ1v) is 6.25. The Morgan fingerprint density at radius 2 is 2.12 bits per heavy atom. The topological polar surface area (TPSA) is 41.1 Å². The van der Waals surface area contributed by atoms with Crippen LogP contribution in [0.25, 0.3) is 0 Å². The van der Waals surface area contributed by atoms with Gasteiger partial charge in [0, 0.05) is 18.3 Å². The summed E-state index contributed by atoms with van der Waals surface area (Å²) in [4.78, 5) is 10.2. The molecule has 0 bridgehead atoms. The Balaban J connectivity index is 2.30. The molecule has 1 rings (SSSR count). The van der Waals surface area contributed by atoms with Gasteiger partial charge in [0.05, 0.1) is 16.6 Å². The van der Waals surface area contributed by atoms with Gasteiger partial charge >= 0.3 is 0 Å². The smallest absolute Gasteiger partial charge is 0.133 e. The molecule has 0 fully saturated rings. The zero-order valence-electron chi connectivity index (χ0n) is 9.67. The van der Waals surface area contributed by atoms with E-state index in [4.69, 9.17) is 23.2 Å². The molecule has 94 valence electrons. The molecule has 17 heavy (non-hydrogen) atoms. The number of carbonyl (C=O) groups is 1. The molecule has 0 aromatic heterocycles. The van der Waals surface area contributed by atoms with E-state index in [0.717, 1.165) is 24.9 Å². The van der Waals surface area contributed by atoms with Crippen molar-refractivity contribution in [2.45, 2.75) is 19.4 Å². The second kappa shape index (κ2) is 7.54. The van der Waals surface area contributed by atoms with E-state index in [9.17, 15) is 4.79 Å². The highest BCUT2D eigenvalue weighted by Crippen LogP contribution is 2.24. The number of hydrogen-bond donors (Lipinski definition) is 2. The molecule has 0 heterocycles. The van der Waals surface area contributed by atoms with E-state index in [1.807, 2.05) is 13.0 Å². The van der Waals surface area contributed by atoms with Gasteiger partial charge in [-0.15, -0.1) is 0 Å². The zero-order chi connectivity index (χ0) is 12.7. The fourth-order valence-electron chi connectivity index (χ4n) is 1.39. The van der Waals surface area contributed by atoms with Crippen LogP contribution in [0.5, 0.6) is 0 Å². The molecular formula is C12H16Cl2N2O. The number of rotatable bonds is 7. The molecule has 0 aliphatic rings. The quantitative estimate of drug-likeness (QED) is 0.752. The van der Waals surface area contributed by atoms with Crippen LogP contribution in [0.1, 0.15) is 13.3 Å². The van der Waals surface area contributed by atoms with Gasteiger partial charge in [0.25, 0.3) is 0 Å². The third-order valence-corrected chi connectivity index (χ3v) is 3.11.